The Hall–Kier alpha value is -4.88. The van der Waals surface area contributed by atoms with E-state index in [9.17, 15) is 23.6 Å². The van der Waals surface area contributed by atoms with Crippen molar-refractivity contribution < 1.29 is 47.3 Å². The number of nitrogens with zero attached hydrogens (tertiary/aromatic N) is 5. The molecule has 1 saturated heterocycles. The maximum atomic E-state index is 14.8. The number of hydrogen-bond acceptors (Lipinski definition) is 14. The number of rotatable bonds is 23. The van der Waals surface area contributed by atoms with Crippen molar-refractivity contribution in [3.05, 3.63) is 53.2 Å². The van der Waals surface area contributed by atoms with Crippen LogP contribution in [0.4, 0.5) is 10.3 Å². The minimum Gasteiger partial charge on any atom is -0.490 e. The lowest BCUT2D eigenvalue weighted by Gasteiger charge is -2.29. The standard InChI is InChI=1S/C41H53FN8O9/c1-49-33(23-26-5-6-26)30(24-45-49)37-31(42)25-44-41(48-37)46-28-9-7-27(8-10-28)43-13-14-55-15-16-56-17-18-57-19-20-58-21-22-59-34-4-2-3-29-36(34)40(54)50(39(29)53)32-11-12-35(51)47-38(32)52/h2-4,24-28,32,43H,5-23H2,1H3,(H,44,46,48)(H,47,51,52)/t27-,28-,32?. The summed E-state index contributed by atoms with van der Waals surface area (Å²) in [6.07, 6.45) is 10.3. The second-order valence-corrected chi connectivity index (χ2v) is 15.2. The van der Waals surface area contributed by atoms with Crippen LogP contribution in [0.2, 0.25) is 0 Å². The van der Waals surface area contributed by atoms with E-state index in [1.54, 1.807) is 18.3 Å². The molecule has 0 bridgehead atoms. The monoisotopic (exact) mass is 820 g/mol. The SMILES string of the molecule is Cn1ncc(-c2nc(N[C@H]3CC[C@H](NCCOCCOCCOCCOCCOc4cccc5c4C(=O)N(C4CCC(=O)NC4=O)C5=O)CC3)ncc2F)c1CC1CC1. The lowest BCUT2D eigenvalue weighted by molar-refractivity contribution is -0.136. The van der Waals surface area contributed by atoms with Gasteiger partial charge in [0.15, 0.2) is 5.82 Å². The fraction of sp³-hybridized carbons (Fsp3) is 0.585. The Labute approximate surface area is 342 Å². The summed E-state index contributed by atoms with van der Waals surface area (Å²) in [5.41, 5.74) is 2.34. The van der Waals surface area contributed by atoms with Gasteiger partial charge in [0.25, 0.3) is 11.8 Å². The number of amides is 4. The number of nitrogens with one attached hydrogen (secondary N) is 3. The zero-order valence-corrected chi connectivity index (χ0v) is 33.4. The van der Waals surface area contributed by atoms with Crippen molar-refractivity contribution in [2.45, 2.75) is 75.9 Å². The van der Waals surface area contributed by atoms with E-state index >= 15 is 0 Å². The largest absolute Gasteiger partial charge is 0.490 e. The number of aryl methyl sites for hydroxylation is 1. The molecule has 3 aromatic rings. The number of hydrogen-bond donors (Lipinski definition) is 3. The van der Waals surface area contributed by atoms with Crippen LogP contribution in [0, 0.1) is 11.7 Å². The highest BCUT2D eigenvalue weighted by Gasteiger charge is 2.46. The van der Waals surface area contributed by atoms with E-state index in [0.717, 1.165) is 54.8 Å². The summed E-state index contributed by atoms with van der Waals surface area (Å²) in [7, 11) is 1.90. The summed E-state index contributed by atoms with van der Waals surface area (Å²) in [6.45, 7) is 4.21. The third-order valence-corrected chi connectivity index (χ3v) is 11.0. The second-order valence-electron chi connectivity index (χ2n) is 15.2. The van der Waals surface area contributed by atoms with Gasteiger partial charge < -0.3 is 34.3 Å². The Kier molecular flexibility index (Phi) is 14.6. The van der Waals surface area contributed by atoms with Crippen molar-refractivity contribution in [3.63, 3.8) is 0 Å². The number of imide groups is 2. The van der Waals surface area contributed by atoms with Gasteiger partial charge in [-0.05, 0) is 69.4 Å². The molecule has 2 aliphatic carbocycles. The van der Waals surface area contributed by atoms with Crippen LogP contribution >= 0.6 is 0 Å². The van der Waals surface area contributed by atoms with Crippen LogP contribution in [0.1, 0.15) is 77.8 Å². The molecule has 4 aliphatic rings. The van der Waals surface area contributed by atoms with Crippen LogP contribution in [0.15, 0.2) is 30.6 Å². The fourth-order valence-corrected chi connectivity index (χ4v) is 7.66. The molecule has 59 heavy (non-hydrogen) atoms. The zero-order chi connectivity index (χ0) is 41.1. The molecule has 7 rings (SSSR count). The van der Waals surface area contributed by atoms with Crippen molar-refractivity contribution in [2.24, 2.45) is 13.0 Å². The van der Waals surface area contributed by atoms with Crippen molar-refractivity contribution in [3.8, 4) is 17.0 Å². The van der Waals surface area contributed by atoms with Gasteiger partial charge in [0, 0.05) is 43.4 Å². The van der Waals surface area contributed by atoms with E-state index in [2.05, 4.69) is 31.0 Å². The van der Waals surface area contributed by atoms with Gasteiger partial charge in [0.1, 0.15) is 24.1 Å². The first kappa shape index (κ1) is 42.3. The van der Waals surface area contributed by atoms with Crippen molar-refractivity contribution in [2.75, 3.05) is 71.3 Å². The van der Waals surface area contributed by atoms with E-state index in [0.29, 0.717) is 69.9 Å². The van der Waals surface area contributed by atoms with E-state index in [1.807, 2.05) is 11.7 Å². The number of piperidine rings is 1. The molecule has 0 spiro atoms. The number of ether oxygens (including phenoxy) is 5. The highest BCUT2D eigenvalue weighted by Crippen LogP contribution is 2.36. The summed E-state index contributed by atoms with van der Waals surface area (Å²) >= 11 is 0. The zero-order valence-electron chi connectivity index (χ0n) is 33.4. The third kappa shape index (κ3) is 11.0. The lowest BCUT2D eigenvalue weighted by Crippen LogP contribution is -2.54. The van der Waals surface area contributed by atoms with Crippen molar-refractivity contribution in [1.82, 2.24) is 35.3 Å². The van der Waals surface area contributed by atoms with E-state index in [1.165, 1.54) is 25.1 Å². The number of anilines is 1. The molecule has 1 aromatic carbocycles. The fourth-order valence-electron chi connectivity index (χ4n) is 7.66. The molecule has 3 N–H and O–H groups in total. The molecular formula is C41H53FN8O9. The van der Waals surface area contributed by atoms with Gasteiger partial charge in [0.05, 0.1) is 76.4 Å². The molecule has 0 radical (unpaired) electrons. The molecule has 1 unspecified atom stereocenters. The summed E-state index contributed by atoms with van der Waals surface area (Å²) in [6, 6.07) is 4.31. The quantitative estimate of drug-likeness (QED) is 0.0933. The third-order valence-electron chi connectivity index (χ3n) is 11.0. The maximum absolute atomic E-state index is 14.8. The van der Waals surface area contributed by atoms with E-state index < -0.39 is 35.5 Å². The predicted octanol–water partition coefficient (Wildman–Crippen LogP) is 2.83. The summed E-state index contributed by atoms with van der Waals surface area (Å²) in [5.74, 6) is -1.40. The topological polar surface area (TPSA) is 197 Å². The molecule has 4 heterocycles. The van der Waals surface area contributed by atoms with Gasteiger partial charge in [-0.2, -0.15) is 5.10 Å². The predicted molar refractivity (Wildman–Crippen MR) is 210 cm³/mol. The number of benzene rings is 1. The first-order chi connectivity index (χ1) is 28.8. The van der Waals surface area contributed by atoms with Crippen LogP contribution in [-0.4, -0.2) is 132 Å². The molecule has 18 heteroatoms. The van der Waals surface area contributed by atoms with Gasteiger partial charge >= 0.3 is 0 Å². The highest BCUT2D eigenvalue weighted by molar-refractivity contribution is 6.24. The molecule has 4 amide bonds. The second kappa shape index (κ2) is 20.4. The van der Waals surface area contributed by atoms with Gasteiger partial charge in [-0.15, -0.1) is 0 Å². The average molecular weight is 821 g/mol. The Balaban J connectivity index is 0.674. The molecule has 3 fully saturated rings. The van der Waals surface area contributed by atoms with Crippen LogP contribution in [-0.2, 0) is 42.0 Å². The molecular weight excluding hydrogens is 767 g/mol. The van der Waals surface area contributed by atoms with Crippen LogP contribution in [0.3, 0.4) is 0 Å². The molecule has 318 valence electrons. The number of halogens is 1. The first-order valence-electron chi connectivity index (χ1n) is 20.6. The molecule has 2 saturated carbocycles. The summed E-state index contributed by atoms with van der Waals surface area (Å²) < 4.78 is 44.9. The average Bonchev–Trinajstić information content (AvgIpc) is 3.93. The molecule has 2 aliphatic heterocycles. The number of carbonyl (C=O) groups excluding carboxylic acids is 4. The molecule has 2 aromatic heterocycles. The number of aromatic nitrogens is 4. The maximum Gasteiger partial charge on any atom is 0.266 e. The Morgan fingerprint density at radius 1 is 0.797 bits per heavy atom. The van der Waals surface area contributed by atoms with Crippen molar-refractivity contribution in [1.29, 1.82) is 0 Å². The Bertz CT molecular complexity index is 1950. The van der Waals surface area contributed by atoms with Gasteiger partial charge in [0.2, 0.25) is 17.8 Å². The van der Waals surface area contributed by atoms with Gasteiger partial charge in [-0.3, -0.25) is 34.1 Å². The smallest absolute Gasteiger partial charge is 0.266 e. The Morgan fingerprint density at radius 3 is 2.17 bits per heavy atom. The normalized spacial score (nSPS) is 20.6. The summed E-state index contributed by atoms with van der Waals surface area (Å²) in [4.78, 5) is 59.7. The lowest BCUT2D eigenvalue weighted by atomic mass is 9.91. The molecule has 1 atom stereocenters. The van der Waals surface area contributed by atoms with Crippen LogP contribution in [0.25, 0.3) is 11.3 Å². The summed E-state index contributed by atoms with van der Waals surface area (Å²) in [5, 5.41) is 13.6. The molecule has 17 nitrogen and oxygen atoms in total. The van der Waals surface area contributed by atoms with Crippen LogP contribution in [0.5, 0.6) is 5.75 Å². The van der Waals surface area contributed by atoms with Crippen molar-refractivity contribution >= 4 is 29.6 Å². The van der Waals surface area contributed by atoms with Gasteiger partial charge in [-0.25, -0.2) is 14.4 Å². The van der Waals surface area contributed by atoms with E-state index in [4.69, 9.17) is 23.7 Å². The minimum atomic E-state index is -1.04. The van der Waals surface area contributed by atoms with Gasteiger partial charge in [-0.1, -0.05) is 6.07 Å². The Morgan fingerprint density at radius 2 is 1.47 bits per heavy atom. The van der Waals surface area contributed by atoms with Crippen LogP contribution < -0.4 is 20.7 Å². The number of carbonyl (C=O) groups is 4. The highest BCUT2D eigenvalue weighted by atomic mass is 19.1. The minimum absolute atomic E-state index is 0.0499. The van der Waals surface area contributed by atoms with E-state index in [-0.39, 0.29) is 49.0 Å². The number of fused-ring (bicyclic) bond motifs is 1. The first-order valence-corrected chi connectivity index (χ1v) is 20.6.